The van der Waals surface area contributed by atoms with Crippen molar-refractivity contribution in [1.82, 2.24) is 10.6 Å². The zero-order valence-corrected chi connectivity index (χ0v) is 16.8. The van der Waals surface area contributed by atoms with Gasteiger partial charge in [0.1, 0.15) is 17.4 Å². The minimum absolute atomic E-state index is 0.0691. The van der Waals surface area contributed by atoms with E-state index in [0.29, 0.717) is 10.9 Å². The molecule has 1 atom stereocenters. The Morgan fingerprint density at radius 3 is 2.45 bits per heavy atom. The summed E-state index contributed by atoms with van der Waals surface area (Å²) < 4.78 is 5.14. The minimum Gasteiger partial charge on any atom is -0.506 e. The Labute approximate surface area is 170 Å². The standard InChI is InChI=1S/C19H21ClN2O7/c1-8(2)17(18(26)27)22-16(25)7-21-15(24)5-11-9(3)10-4-12(20)13(23)6-14(10)29-19(11)28/h4,6,8,17,23H,5,7H2,1-3H3,(H,21,24)(H,22,25)(H,26,27)/t17-/m1/s1. The molecule has 2 rings (SSSR count). The molecule has 0 saturated carbocycles. The Bertz CT molecular complexity index is 1030. The lowest BCUT2D eigenvalue weighted by Gasteiger charge is -2.18. The number of carboxylic acid groups (broad SMARTS) is 1. The van der Waals surface area contributed by atoms with Crippen molar-refractivity contribution >= 4 is 40.4 Å². The van der Waals surface area contributed by atoms with Crippen LogP contribution in [0, 0.1) is 12.8 Å². The molecule has 0 aliphatic heterocycles. The van der Waals surface area contributed by atoms with Gasteiger partial charge in [-0.3, -0.25) is 9.59 Å². The van der Waals surface area contributed by atoms with Gasteiger partial charge in [0.05, 0.1) is 23.6 Å². The van der Waals surface area contributed by atoms with Gasteiger partial charge in [-0.1, -0.05) is 25.4 Å². The fraction of sp³-hybridized carbons (Fsp3) is 0.368. The van der Waals surface area contributed by atoms with Crippen LogP contribution in [0.1, 0.15) is 25.0 Å². The van der Waals surface area contributed by atoms with E-state index in [9.17, 15) is 24.3 Å². The van der Waals surface area contributed by atoms with Gasteiger partial charge in [0.2, 0.25) is 11.8 Å². The van der Waals surface area contributed by atoms with E-state index in [1.807, 2.05) is 0 Å². The lowest BCUT2D eigenvalue weighted by molar-refractivity contribution is -0.143. The highest BCUT2D eigenvalue weighted by atomic mass is 35.5. The van der Waals surface area contributed by atoms with Crippen LogP contribution in [0.15, 0.2) is 21.3 Å². The topological polar surface area (TPSA) is 146 Å². The zero-order chi connectivity index (χ0) is 21.9. The number of hydrogen-bond donors (Lipinski definition) is 4. The molecule has 0 spiro atoms. The number of aromatic hydroxyl groups is 1. The lowest BCUT2D eigenvalue weighted by atomic mass is 10.0. The van der Waals surface area contributed by atoms with Gasteiger partial charge >= 0.3 is 11.6 Å². The molecule has 0 aliphatic carbocycles. The first kappa shape index (κ1) is 22.2. The van der Waals surface area contributed by atoms with E-state index in [1.54, 1.807) is 20.8 Å². The predicted molar refractivity (Wildman–Crippen MR) is 105 cm³/mol. The van der Waals surface area contributed by atoms with Gasteiger partial charge in [0, 0.05) is 11.5 Å². The summed E-state index contributed by atoms with van der Waals surface area (Å²) in [6, 6.07) is 1.57. The quantitative estimate of drug-likeness (QED) is 0.490. The molecule has 156 valence electrons. The van der Waals surface area contributed by atoms with E-state index in [4.69, 9.17) is 21.1 Å². The number of amides is 2. The van der Waals surface area contributed by atoms with Gasteiger partial charge in [0.25, 0.3) is 0 Å². The van der Waals surface area contributed by atoms with Crippen molar-refractivity contribution < 1.29 is 29.0 Å². The third-order valence-electron chi connectivity index (χ3n) is 4.39. The van der Waals surface area contributed by atoms with Gasteiger partial charge in [-0.15, -0.1) is 0 Å². The van der Waals surface area contributed by atoms with E-state index in [2.05, 4.69) is 10.6 Å². The first-order valence-corrected chi connectivity index (χ1v) is 9.12. The van der Waals surface area contributed by atoms with Crippen LogP contribution in [-0.4, -0.2) is 40.6 Å². The molecule has 2 amide bonds. The van der Waals surface area contributed by atoms with E-state index >= 15 is 0 Å². The Morgan fingerprint density at radius 1 is 1.21 bits per heavy atom. The summed E-state index contributed by atoms with van der Waals surface area (Å²) in [7, 11) is 0. The number of fused-ring (bicyclic) bond motifs is 1. The van der Waals surface area contributed by atoms with Crippen molar-refractivity contribution in [3.05, 3.63) is 38.7 Å². The summed E-state index contributed by atoms with van der Waals surface area (Å²) in [5.41, 5.74) is -0.0698. The van der Waals surface area contributed by atoms with Crippen molar-refractivity contribution in [2.24, 2.45) is 5.92 Å². The van der Waals surface area contributed by atoms with Crippen LogP contribution in [0.2, 0.25) is 5.02 Å². The first-order valence-electron chi connectivity index (χ1n) is 8.75. The number of phenolic OH excluding ortho intramolecular Hbond substituents is 1. The third kappa shape index (κ3) is 5.26. The second-order valence-electron chi connectivity index (χ2n) is 6.87. The number of halogens is 1. The molecule has 0 saturated heterocycles. The summed E-state index contributed by atoms with van der Waals surface area (Å²) in [5, 5.41) is 23.9. The summed E-state index contributed by atoms with van der Waals surface area (Å²) in [4.78, 5) is 47.4. The Balaban J connectivity index is 2.10. The summed E-state index contributed by atoms with van der Waals surface area (Å²) in [5.74, 6) is -3.02. The smallest absolute Gasteiger partial charge is 0.340 e. The van der Waals surface area contributed by atoms with Crippen LogP contribution in [0.3, 0.4) is 0 Å². The lowest BCUT2D eigenvalue weighted by Crippen LogP contribution is -2.48. The fourth-order valence-corrected chi connectivity index (χ4v) is 2.91. The number of carboxylic acids is 1. The van der Waals surface area contributed by atoms with Crippen molar-refractivity contribution in [2.45, 2.75) is 33.2 Å². The van der Waals surface area contributed by atoms with Gasteiger partial charge in [-0.25, -0.2) is 9.59 Å². The number of hydrogen-bond acceptors (Lipinski definition) is 6. The Morgan fingerprint density at radius 2 is 1.86 bits per heavy atom. The van der Waals surface area contributed by atoms with E-state index < -0.39 is 36.0 Å². The Kier molecular flexibility index (Phi) is 6.86. The van der Waals surface area contributed by atoms with Crippen LogP contribution >= 0.6 is 11.6 Å². The summed E-state index contributed by atoms with van der Waals surface area (Å²) in [6.45, 7) is 4.46. The predicted octanol–water partition coefficient (Wildman–Crippen LogP) is 1.34. The number of carbonyl (C=O) groups is 3. The van der Waals surface area contributed by atoms with Crippen molar-refractivity contribution in [2.75, 3.05) is 6.54 Å². The summed E-state index contributed by atoms with van der Waals surface area (Å²) >= 11 is 5.89. The number of carbonyl (C=O) groups excluding carboxylic acids is 2. The molecule has 1 aromatic carbocycles. The maximum atomic E-state index is 12.2. The van der Waals surface area contributed by atoms with Crippen molar-refractivity contribution in [3.8, 4) is 5.75 Å². The van der Waals surface area contributed by atoms with Crippen molar-refractivity contribution in [1.29, 1.82) is 0 Å². The molecular weight excluding hydrogens is 404 g/mol. The Hall–Kier alpha value is -3.07. The van der Waals surface area contributed by atoms with Gasteiger partial charge < -0.3 is 25.3 Å². The molecule has 2 aromatic rings. The second-order valence-corrected chi connectivity index (χ2v) is 7.28. The van der Waals surface area contributed by atoms with Crippen molar-refractivity contribution in [3.63, 3.8) is 0 Å². The molecule has 4 N–H and O–H groups in total. The monoisotopic (exact) mass is 424 g/mol. The maximum absolute atomic E-state index is 12.2. The zero-order valence-electron chi connectivity index (χ0n) is 16.0. The number of phenols is 1. The van der Waals surface area contributed by atoms with E-state index in [0.717, 1.165) is 0 Å². The molecule has 0 bridgehead atoms. The highest BCUT2D eigenvalue weighted by Gasteiger charge is 2.23. The molecule has 1 aromatic heterocycles. The molecule has 0 aliphatic rings. The van der Waals surface area contributed by atoms with Crippen LogP contribution < -0.4 is 16.3 Å². The number of benzene rings is 1. The molecule has 0 radical (unpaired) electrons. The SMILES string of the molecule is Cc1c(CC(=O)NCC(=O)N[C@@H](C(=O)O)C(C)C)c(=O)oc2cc(O)c(Cl)cc12. The molecule has 9 nitrogen and oxygen atoms in total. The minimum atomic E-state index is -1.17. The molecule has 29 heavy (non-hydrogen) atoms. The fourth-order valence-electron chi connectivity index (χ4n) is 2.74. The number of aryl methyl sites for hydroxylation is 1. The normalized spacial score (nSPS) is 12.0. The number of aliphatic carboxylic acids is 1. The second kappa shape index (κ2) is 8.95. The van der Waals surface area contributed by atoms with Crippen LogP contribution in [-0.2, 0) is 20.8 Å². The first-order chi connectivity index (χ1) is 13.5. The van der Waals surface area contributed by atoms with E-state index in [1.165, 1.54) is 12.1 Å². The van der Waals surface area contributed by atoms with Crippen LogP contribution in [0.4, 0.5) is 0 Å². The summed E-state index contributed by atoms with van der Waals surface area (Å²) in [6.07, 6.45) is -0.345. The maximum Gasteiger partial charge on any atom is 0.340 e. The van der Waals surface area contributed by atoms with Crippen LogP contribution in [0.25, 0.3) is 11.0 Å². The average Bonchev–Trinajstić information content (AvgIpc) is 2.63. The third-order valence-corrected chi connectivity index (χ3v) is 4.69. The molecule has 0 fully saturated rings. The number of nitrogens with one attached hydrogen (secondary N) is 2. The molecule has 0 unspecified atom stereocenters. The largest absolute Gasteiger partial charge is 0.506 e. The number of rotatable bonds is 7. The average molecular weight is 425 g/mol. The molecular formula is C19H21ClN2O7. The van der Waals surface area contributed by atoms with Crippen LogP contribution in [0.5, 0.6) is 5.75 Å². The highest BCUT2D eigenvalue weighted by Crippen LogP contribution is 2.30. The molecule has 10 heteroatoms. The van der Waals surface area contributed by atoms with Gasteiger partial charge in [-0.2, -0.15) is 0 Å². The molecule has 1 heterocycles. The van der Waals surface area contributed by atoms with Gasteiger partial charge in [-0.05, 0) is 24.5 Å². The highest BCUT2D eigenvalue weighted by molar-refractivity contribution is 6.32. The van der Waals surface area contributed by atoms with E-state index in [-0.39, 0.29) is 34.3 Å². The van der Waals surface area contributed by atoms with Gasteiger partial charge in [0.15, 0.2) is 0 Å².